The molecule has 148 valence electrons. The van der Waals surface area contributed by atoms with E-state index < -0.39 is 0 Å². The molecule has 0 spiro atoms. The Kier molecular flexibility index (Phi) is 14.3. The molecule has 0 heterocycles. The first-order chi connectivity index (χ1) is 11.7. The zero-order valence-corrected chi connectivity index (χ0v) is 18.4. The van der Waals surface area contributed by atoms with Crippen LogP contribution in [-0.4, -0.2) is 52.9 Å². The number of nitrogens with one attached hydrogen (secondary N) is 2. The van der Waals surface area contributed by atoms with Gasteiger partial charge in [-0.05, 0) is 37.5 Å². The zero-order valence-electron chi connectivity index (χ0n) is 16.1. The number of carbonyl (C=O) groups excluding carboxylic acids is 1. The van der Waals surface area contributed by atoms with Gasteiger partial charge in [-0.25, -0.2) is 0 Å². The second-order valence-corrected chi connectivity index (χ2v) is 6.69. The zero-order chi connectivity index (χ0) is 17.7. The lowest BCUT2D eigenvalue weighted by molar-refractivity contribution is -0.140. The van der Waals surface area contributed by atoms with Crippen molar-refractivity contribution in [2.75, 3.05) is 41.0 Å². The Morgan fingerprint density at radius 1 is 1.12 bits per heavy atom. The van der Waals surface area contributed by atoms with E-state index in [0.717, 1.165) is 51.3 Å². The minimum Gasteiger partial charge on any atom is -0.469 e. The third kappa shape index (κ3) is 10.2. The predicted octanol–water partition coefficient (Wildman–Crippen LogP) is 3.10. The number of nitrogens with zero attached hydrogens (tertiary/aromatic N) is 1. The average molecular weight is 469 g/mol. The lowest BCUT2D eigenvalue weighted by Crippen LogP contribution is -2.43. The Morgan fingerprint density at radius 2 is 1.84 bits per heavy atom. The van der Waals surface area contributed by atoms with Crippen molar-refractivity contribution in [2.45, 2.75) is 57.8 Å². The molecular weight excluding hydrogens is 433 g/mol. The quantitative estimate of drug-likeness (QED) is 0.160. The molecule has 1 fully saturated rings. The molecule has 0 unspecified atom stereocenters. The molecule has 25 heavy (non-hydrogen) atoms. The summed E-state index contributed by atoms with van der Waals surface area (Å²) in [5.74, 6) is 0.741. The highest BCUT2D eigenvalue weighted by atomic mass is 127. The highest BCUT2D eigenvalue weighted by Crippen LogP contribution is 2.40. The molecule has 0 aromatic rings. The smallest absolute Gasteiger partial charge is 0.305 e. The van der Waals surface area contributed by atoms with Gasteiger partial charge >= 0.3 is 5.97 Å². The third-order valence-electron chi connectivity index (χ3n) is 4.93. The van der Waals surface area contributed by atoms with E-state index in [4.69, 9.17) is 4.74 Å². The van der Waals surface area contributed by atoms with Crippen molar-refractivity contribution in [3.8, 4) is 0 Å². The Hall–Kier alpha value is -0.570. The minimum atomic E-state index is -0.127. The van der Waals surface area contributed by atoms with Gasteiger partial charge in [0.15, 0.2) is 5.96 Å². The summed E-state index contributed by atoms with van der Waals surface area (Å²) in [4.78, 5) is 15.3. The van der Waals surface area contributed by atoms with Gasteiger partial charge < -0.3 is 20.1 Å². The molecule has 0 aliphatic heterocycles. The summed E-state index contributed by atoms with van der Waals surface area (Å²) in [6.07, 6.45) is 9.70. The van der Waals surface area contributed by atoms with Crippen LogP contribution in [-0.2, 0) is 14.3 Å². The van der Waals surface area contributed by atoms with E-state index in [2.05, 4.69) is 20.4 Å². The fraction of sp³-hybridized carbons (Fsp3) is 0.889. The van der Waals surface area contributed by atoms with Crippen molar-refractivity contribution in [3.05, 3.63) is 0 Å². The SMILES string of the molecule is CN=C(NCCCCCC(=O)OC)NCC1(CCOC)CCCC1.I. The summed E-state index contributed by atoms with van der Waals surface area (Å²) in [6.45, 7) is 2.65. The number of aliphatic imine (C=N–C) groups is 1. The summed E-state index contributed by atoms with van der Waals surface area (Å²) in [5.41, 5.74) is 0.355. The van der Waals surface area contributed by atoms with E-state index in [1.807, 2.05) is 7.05 Å². The fourth-order valence-corrected chi connectivity index (χ4v) is 3.33. The molecule has 1 saturated carbocycles. The molecule has 2 N–H and O–H groups in total. The summed E-state index contributed by atoms with van der Waals surface area (Å²) in [7, 11) is 5.02. The fourth-order valence-electron chi connectivity index (χ4n) is 3.33. The highest BCUT2D eigenvalue weighted by Gasteiger charge is 2.33. The lowest BCUT2D eigenvalue weighted by Gasteiger charge is -2.30. The molecule has 1 aliphatic carbocycles. The van der Waals surface area contributed by atoms with Crippen molar-refractivity contribution in [2.24, 2.45) is 10.4 Å². The maximum Gasteiger partial charge on any atom is 0.305 e. The lowest BCUT2D eigenvalue weighted by atomic mass is 9.83. The first-order valence-corrected chi connectivity index (χ1v) is 9.16. The first-order valence-electron chi connectivity index (χ1n) is 9.16. The van der Waals surface area contributed by atoms with E-state index in [0.29, 0.717) is 11.8 Å². The first kappa shape index (κ1) is 24.4. The normalized spacial score (nSPS) is 16.2. The van der Waals surface area contributed by atoms with Gasteiger partial charge in [0.1, 0.15) is 0 Å². The van der Waals surface area contributed by atoms with Crippen LogP contribution >= 0.6 is 24.0 Å². The molecule has 0 saturated heterocycles. The molecule has 0 bridgehead atoms. The van der Waals surface area contributed by atoms with E-state index in [1.54, 1.807) is 7.11 Å². The van der Waals surface area contributed by atoms with Crippen molar-refractivity contribution in [3.63, 3.8) is 0 Å². The standard InChI is InChI=1S/C18H35N3O3.HI/c1-19-17(20-13-8-4-5-9-16(22)24-3)21-15-18(12-14-23-2)10-6-7-11-18;/h4-15H2,1-3H3,(H2,19,20,21);1H. The Bertz CT molecular complexity index is 386. The Labute approximate surface area is 169 Å². The minimum absolute atomic E-state index is 0. The van der Waals surface area contributed by atoms with Gasteiger partial charge in [-0.15, -0.1) is 24.0 Å². The summed E-state index contributed by atoms with van der Waals surface area (Å²) in [5, 5.41) is 6.85. The molecule has 1 rings (SSSR count). The Balaban J connectivity index is 0.00000576. The summed E-state index contributed by atoms with van der Waals surface area (Å²) >= 11 is 0. The third-order valence-corrected chi connectivity index (χ3v) is 4.93. The van der Waals surface area contributed by atoms with E-state index in [9.17, 15) is 4.79 Å². The predicted molar refractivity (Wildman–Crippen MR) is 113 cm³/mol. The number of hydrogen-bond donors (Lipinski definition) is 2. The van der Waals surface area contributed by atoms with Crippen LogP contribution in [0.15, 0.2) is 4.99 Å². The van der Waals surface area contributed by atoms with E-state index >= 15 is 0 Å². The van der Waals surface area contributed by atoms with Gasteiger partial charge in [-0.3, -0.25) is 9.79 Å². The average Bonchev–Trinajstić information content (AvgIpc) is 3.07. The number of guanidine groups is 1. The molecule has 0 atom stereocenters. The van der Waals surface area contributed by atoms with E-state index in [-0.39, 0.29) is 29.9 Å². The number of rotatable bonds is 11. The number of ether oxygens (including phenoxy) is 2. The van der Waals surface area contributed by atoms with Crippen LogP contribution in [0.5, 0.6) is 0 Å². The van der Waals surface area contributed by atoms with Crippen LogP contribution in [0.4, 0.5) is 0 Å². The van der Waals surface area contributed by atoms with Crippen LogP contribution in [0, 0.1) is 5.41 Å². The molecule has 0 amide bonds. The molecule has 1 aliphatic rings. The maximum atomic E-state index is 11.0. The summed E-state index contributed by atoms with van der Waals surface area (Å²) in [6, 6.07) is 0. The summed E-state index contributed by atoms with van der Waals surface area (Å²) < 4.78 is 9.92. The monoisotopic (exact) mass is 469 g/mol. The number of unbranched alkanes of at least 4 members (excludes halogenated alkanes) is 2. The van der Waals surface area contributed by atoms with Crippen molar-refractivity contribution in [1.82, 2.24) is 10.6 Å². The number of esters is 1. The number of hydrogen-bond acceptors (Lipinski definition) is 4. The van der Waals surface area contributed by atoms with Crippen LogP contribution < -0.4 is 10.6 Å². The maximum absolute atomic E-state index is 11.0. The number of carbonyl (C=O) groups is 1. The van der Waals surface area contributed by atoms with Crippen LogP contribution in [0.2, 0.25) is 0 Å². The molecule has 0 aromatic carbocycles. The van der Waals surface area contributed by atoms with Gasteiger partial charge in [-0.1, -0.05) is 19.3 Å². The second-order valence-electron chi connectivity index (χ2n) is 6.69. The van der Waals surface area contributed by atoms with Crippen LogP contribution in [0.25, 0.3) is 0 Å². The second kappa shape index (κ2) is 14.6. The van der Waals surface area contributed by atoms with Crippen molar-refractivity contribution in [1.29, 1.82) is 0 Å². The Morgan fingerprint density at radius 3 is 2.44 bits per heavy atom. The van der Waals surface area contributed by atoms with E-state index in [1.165, 1.54) is 32.8 Å². The molecular formula is C18H36IN3O3. The van der Waals surface area contributed by atoms with Gasteiger partial charge in [-0.2, -0.15) is 0 Å². The van der Waals surface area contributed by atoms with Crippen molar-refractivity contribution < 1.29 is 14.3 Å². The number of methoxy groups -OCH3 is 2. The highest BCUT2D eigenvalue weighted by molar-refractivity contribution is 14.0. The van der Waals surface area contributed by atoms with Gasteiger partial charge in [0.25, 0.3) is 0 Å². The van der Waals surface area contributed by atoms with Crippen LogP contribution in [0.1, 0.15) is 57.8 Å². The topological polar surface area (TPSA) is 72.0 Å². The van der Waals surface area contributed by atoms with Crippen LogP contribution in [0.3, 0.4) is 0 Å². The molecule has 6 nitrogen and oxygen atoms in total. The van der Waals surface area contributed by atoms with Gasteiger partial charge in [0.2, 0.25) is 0 Å². The largest absolute Gasteiger partial charge is 0.469 e. The number of halogens is 1. The molecule has 0 radical (unpaired) electrons. The van der Waals surface area contributed by atoms with Gasteiger partial charge in [0.05, 0.1) is 7.11 Å². The van der Waals surface area contributed by atoms with Crippen molar-refractivity contribution >= 4 is 35.9 Å². The molecule has 7 heteroatoms. The van der Waals surface area contributed by atoms with Gasteiger partial charge in [0, 0.05) is 40.3 Å². The molecule has 0 aromatic heterocycles.